The van der Waals surface area contributed by atoms with Crippen molar-refractivity contribution < 1.29 is 18.7 Å². The van der Waals surface area contributed by atoms with Gasteiger partial charge in [-0.2, -0.15) is 0 Å². The van der Waals surface area contributed by atoms with Gasteiger partial charge in [0.05, 0.1) is 6.61 Å². The van der Waals surface area contributed by atoms with Crippen LogP contribution in [0.25, 0.3) is 0 Å². The number of nitrogens with one attached hydrogen (secondary N) is 1. The molecule has 1 aliphatic carbocycles. The third-order valence-corrected chi connectivity index (χ3v) is 5.59. The lowest BCUT2D eigenvalue weighted by atomic mass is 9.83. The van der Waals surface area contributed by atoms with Crippen molar-refractivity contribution in [2.75, 3.05) is 13.2 Å². The molecular weight excluding hydrogens is 347 g/mol. The molecule has 1 spiro atoms. The zero-order chi connectivity index (χ0) is 19.6. The van der Waals surface area contributed by atoms with Gasteiger partial charge in [-0.3, -0.25) is 14.5 Å². The maximum absolute atomic E-state index is 13.7. The molecule has 1 heterocycles. The zero-order valence-corrected chi connectivity index (χ0v) is 16.3. The Hall–Kier alpha value is -1.95. The summed E-state index contributed by atoms with van der Waals surface area (Å²) in [5, 5.41) is 2.92. The van der Waals surface area contributed by atoms with Gasteiger partial charge in [0.1, 0.15) is 17.6 Å². The van der Waals surface area contributed by atoms with E-state index in [0.717, 1.165) is 12.8 Å². The van der Waals surface area contributed by atoms with E-state index in [2.05, 4.69) is 12.2 Å². The Morgan fingerprint density at radius 3 is 2.67 bits per heavy atom. The van der Waals surface area contributed by atoms with Crippen LogP contribution in [0.3, 0.4) is 0 Å². The van der Waals surface area contributed by atoms with Crippen LogP contribution in [0.15, 0.2) is 24.3 Å². The van der Waals surface area contributed by atoms with E-state index < -0.39 is 17.6 Å². The minimum absolute atomic E-state index is 0.180. The van der Waals surface area contributed by atoms with Crippen LogP contribution in [0, 0.1) is 17.7 Å². The summed E-state index contributed by atoms with van der Waals surface area (Å²) in [6.45, 7) is 6.95. The lowest BCUT2D eigenvalue weighted by Gasteiger charge is -2.43. The number of ether oxygens (including phenoxy) is 1. The zero-order valence-electron chi connectivity index (χ0n) is 16.3. The van der Waals surface area contributed by atoms with Gasteiger partial charge >= 0.3 is 0 Å². The first-order valence-electron chi connectivity index (χ1n) is 9.83. The molecule has 1 saturated heterocycles. The van der Waals surface area contributed by atoms with Crippen LogP contribution in [0.2, 0.25) is 0 Å². The second-order valence-corrected chi connectivity index (χ2v) is 8.28. The highest BCUT2D eigenvalue weighted by molar-refractivity contribution is 5.98. The standard InChI is InChI=1S/C21H29FN2O3/c1-14(2)12-23-19(25)18-13-27-21(9-7-15(3)8-10-21)24(18)20(26)16-5-4-6-17(22)11-16/h4-6,11,14-15,18H,7-10,12-13H2,1-3H3,(H,23,25)/t15?,18-,21?/m0/s1. The van der Waals surface area contributed by atoms with Crippen molar-refractivity contribution in [1.82, 2.24) is 10.2 Å². The van der Waals surface area contributed by atoms with E-state index in [1.165, 1.54) is 18.2 Å². The number of hydrogen-bond donors (Lipinski definition) is 1. The SMILES string of the molecule is CC(C)CNC(=O)[C@@H]1COC2(CCC(C)CC2)N1C(=O)c1cccc(F)c1. The summed E-state index contributed by atoms with van der Waals surface area (Å²) in [6.07, 6.45) is 3.27. The highest BCUT2D eigenvalue weighted by Crippen LogP contribution is 2.43. The molecule has 0 bridgehead atoms. The topological polar surface area (TPSA) is 58.6 Å². The summed E-state index contributed by atoms with van der Waals surface area (Å²) in [6, 6.07) is 4.95. The van der Waals surface area contributed by atoms with E-state index in [9.17, 15) is 14.0 Å². The molecule has 1 aliphatic heterocycles. The molecule has 1 N–H and O–H groups in total. The van der Waals surface area contributed by atoms with Crippen molar-refractivity contribution in [2.45, 2.75) is 58.2 Å². The van der Waals surface area contributed by atoms with Crippen molar-refractivity contribution in [3.63, 3.8) is 0 Å². The van der Waals surface area contributed by atoms with E-state index in [-0.39, 0.29) is 24.0 Å². The van der Waals surface area contributed by atoms with Gasteiger partial charge in [-0.05, 0) is 55.7 Å². The average molecular weight is 376 g/mol. The molecule has 148 valence electrons. The Labute approximate surface area is 160 Å². The van der Waals surface area contributed by atoms with Gasteiger partial charge in [0.25, 0.3) is 5.91 Å². The highest BCUT2D eigenvalue weighted by atomic mass is 19.1. The molecule has 27 heavy (non-hydrogen) atoms. The molecule has 0 aromatic heterocycles. The van der Waals surface area contributed by atoms with Gasteiger partial charge in [-0.1, -0.05) is 26.8 Å². The summed E-state index contributed by atoms with van der Waals surface area (Å²) >= 11 is 0. The number of rotatable bonds is 4. The second kappa shape index (κ2) is 7.97. The van der Waals surface area contributed by atoms with E-state index in [4.69, 9.17) is 4.74 Å². The quantitative estimate of drug-likeness (QED) is 0.877. The maximum Gasteiger partial charge on any atom is 0.256 e. The number of benzene rings is 1. The van der Waals surface area contributed by atoms with Gasteiger partial charge in [0.15, 0.2) is 0 Å². The van der Waals surface area contributed by atoms with Crippen LogP contribution in [0.5, 0.6) is 0 Å². The first-order chi connectivity index (χ1) is 12.8. The minimum atomic E-state index is -0.768. The predicted molar refractivity (Wildman–Crippen MR) is 101 cm³/mol. The largest absolute Gasteiger partial charge is 0.354 e. The molecule has 2 aliphatic rings. The summed E-state index contributed by atoms with van der Waals surface area (Å²) in [7, 11) is 0. The molecule has 2 amide bonds. The molecule has 5 nitrogen and oxygen atoms in total. The van der Waals surface area contributed by atoms with Crippen LogP contribution in [0.1, 0.15) is 56.8 Å². The monoisotopic (exact) mass is 376 g/mol. The number of carbonyl (C=O) groups is 2. The molecule has 2 fully saturated rings. The Kier molecular flexibility index (Phi) is 5.84. The molecule has 3 rings (SSSR count). The molecule has 1 saturated carbocycles. The first kappa shape index (κ1) is 19.8. The van der Waals surface area contributed by atoms with Crippen molar-refractivity contribution in [3.05, 3.63) is 35.6 Å². The van der Waals surface area contributed by atoms with Gasteiger partial charge in [-0.15, -0.1) is 0 Å². The summed E-state index contributed by atoms with van der Waals surface area (Å²) < 4.78 is 19.8. The van der Waals surface area contributed by atoms with Gasteiger partial charge in [-0.25, -0.2) is 4.39 Å². The average Bonchev–Trinajstić information content (AvgIpc) is 3.00. The lowest BCUT2D eigenvalue weighted by Crippen LogP contribution is -2.57. The summed E-state index contributed by atoms with van der Waals surface area (Å²) in [4.78, 5) is 27.7. The van der Waals surface area contributed by atoms with Gasteiger partial charge in [0, 0.05) is 12.1 Å². The fraction of sp³-hybridized carbons (Fsp3) is 0.619. The normalized spacial score (nSPS) is 28.0. The number of halogens is 1. The Bertz CT molecular complexity index is 698. The van der Waals surface area contributed by atoms with Crippen LogP contribution >= 0.6 is 0 Å². The number of nitrogens with zero attached hydrogens (tertiary/aromatic N) is 1. The summed E-state index contributed by atoms with van der Waals surface area (Å²) in [5.74, 6) is -0.129. The Balaban J connectivity index is 1.90. The second-order valence-electron chi connectivity index (χ2n) is 8.28. The van der Waals surface area contributed by atoms with E-state index in [0.29, 0.717) is 31.2 Å². The van der Waals surface area contributed by atoms with Crippen LogP contribution in [-0.4, -0.2) is 41.6 Å². The fourth-order valence-electron chi connectivity index (χ4n) is 3.96. The number of carbonyl (C=O) groups excluding carboxylic acids is 2. The molecule has 1 aromatic rings. The van der Waals surface area contributed by atoms with Crippen molar-refractivity contribution in [1.29, 1.82) is 0 Å². The molecular formula is C21H29FN2O3. The maximum atomic E-state index is 13.7. The predicted octanol–water partition coefficient (Wildman–Crippen LogP) is 3.35. The third kappa shape index (κ3) is 4.15. The van der Waals surface area contributed by atoms with Crippen LogP contribution < -0.4 is 5.32 Å². The first-order valence-corrected chi connectivity index (χ1v) is 9.83. The Morgan fingerprint density at radius 2 is 2.04 bits per heavy atom. The van der Waals surface area contributed by atoms with Crippen molar-refractivity contribution in [2.24, 2.45) is 11.8 Å². The van der Waals surface area contributed by atoms with Gasteiger partial charge in [0.2, 0.25) is 5.91 Å². The smallest absolute Gasteiger partial charge is 0.256 e. The highest BCUT2D eigenvalue weighted by Gasteiger charge is 2.53. The van der Waals surface area contributed by atoms with Crippen molar-refractivity contribution >= 4 is 11.8 Å². The summed E-state index contributed by atoms with van der Waals surface area (Å²) in [5.41, 5.74) is -0.518. The molecule has 6 heteroatoms. The van der Waals surface area contributed by atoms with Crippen molar-refractivity contribution in [3.8, 4) is 0 Å². The molecule has 1 atom stereocenters. The molecule has 0 unspecified atom stereocenters. The Morgan fingerprint density at radius 1 is 1.33 bits per heavy atom. The number of hydrogen-bond acceptors (Lipinski definition) is 3. The van der Waals surface area contributed by atoms with E-state index in [1.807, 2.05) is 13.8 Å². The molecule has 0 radical (unpaired) electrons. The molecule has 1 aromatic carbocycles. The van der Waals surface area contributed by atoms with Crippen LogP contribution in [-0.2, 0) is 9.53 Å². The third-order valence-electron chi connectivity index (χ3n) is 5.59. The minimum Gasteiger partial charge on any atom is -0.354 e. The van der Waals surface area contributed by atoms with E-state index in [1.54, 1.807) is 11.0 Å². The van der Waals surface area contributed by atoms with Gasteiger partial charge < -0.3 is 10.1 Å². The number of amides is 2. The lowest BCUT2D eigenvalue weighted by molar-refractivity contribution is -0.128. The van der Waals surface area contributed by atoms with E-state index >= 15 is 0 Å². The fourth-order valence-corrected chi connectivity index (χ4v) is 3.96. The van der Waals surface area contributed by atoms with Crippen LogP contribution in [0.4, 0.5) is 4.39 Å².